The molecule has 6 heteroatoms. The lowest BCUT2D eigenvalue weighted by Gasteiger charge is -2.24. The zero-order chi connectivity index (χ0) is 18.8. The third-order valence-electron chi connectivity index (χ3n) is 5.82. The Balaban J connectivity index is 1.57. The monoisotopic (exact) mass is 370 g/mol. The molecule has 0 radical (unpaired) electrons. The van der Waals surface area contributed by atoms with Crippen molar-refractivity contribution >= 4 is 0 Å². The molecule has 0 aliphatic heterocycles. The Kier molecular flexibility index (Phi) is 5.34. The van der Waals surface area contributed by atoms with Gasteiger partial charge < -0.3 is 15.2 Å². The molecule has 2 aliphatic rings. The molecule has 1 atom stereocenters. The number of hydrogen-bond acceptors (Lipinski definition) is 5. The summed E-state index contributed by atoms with van der Waals surface area (Å²) in [6.07, 6.45) is 9.42. The normalized spacial score (nSPS) is 19.1. The van der Waals surface area contributed by atoms with Crippen LogP contribution in [0.3, 0.4) is 0 Å². The summed E-state index contributed by atoms with van der Waals surface area (Å²) in [5.41, 5.74) is 7.59. The Morgan fingerprint density at radius 2 is 1.81 bits per heavy atom. The average molecular weight is 370 g/mol. The number of aromatic nitrogens is 3. The number of ether oxygens (including phenoxy) is 2. The van der Waals surface area contributed by atoms with E-state index in [2.05, 4.69) is 4.68 Å². The molecule has 0 bridgehead atoms. The van der Waals surface area contributed by atoms with Crippen molar-refractivity contribution in [3.63, 3.8) is 0 Å². The molecule has 0 unspecified atom stereocenters. The first kappa shape index (κ1) is 18.3. The van der Waals surface area contributed by atoms with Crippen LogP contribution in [0.1, 0.15) is 80.2 Å². The van der Waals surface area contributed by atoms with Crippen LogP contribution in [-0.2, 0) is 6.42 Å². The van der Waals surface area contributed by atoms with Gasteiger partial charge in [-0.1, -0.05) is 25.3 Å². The maximum Gasteiger partial charge on any atom is 0.161 e. The first-order valence-corrected chi connectivity index (χ1v) is 10.1. The second-order valence-electron chi connectivity index (χ2n) is 7.82. The number of hydrogen-bond donors (Lipinski definition) is 1. The highest BCUT2D eigenvalue weighted by atomic mass is 16.5. The lowest BCUT2D eigenvalue weighted by Crippen LogP contribution is -2.21. The third-order valence-corrected chi connectivity index (χ3v) is 5.82. The fourth-order valence-electron chi connectivity index (χ4n) is 4.04. The summed E-state index contributed by atoms with van der Waals surface area (Å²) in [5.74, 6) is 4.04. The summed E-state index contributed by atoms with van der Waals surface area (Å²) in [4.78, 5) is 4.91. The van der Waals surface area contributed by atoms with Crippen LogP contribution in [0.2, 0.25) is 0 Å². The molecule has 0 spiro atoms. The number of rotatable bonds is 7. The van der Waals surface area contributed by atoms with Crippen LogP contribution in [0.25, 0.3) is 0 Å². The molecule has 2 aliphatic carbocycles. The van der Waals surface area contributed by atoms with Crippen molar-refractivity contribution in [3.05, 3.63) is 35.4 Å². The van der Waals surface area contributed by atoms with E-state index in [0.717, 1.165) is 23.0 Å². The summed E-state index contributed by atoms with van der Waals surface area (Å²) >= 11 is 0. The van der Waals surface area contributed by atoms with Gasteiger partial charge in [0.05, 0.1) is 20.3 Å². The van der Waals surface area contributed by atoms with Gasteiger partial charge in [-0.2, -0.15) is 5.10 Å². The highest BCUT2D eigenvalue weighted by Crippen LogP contribution is 2.39. The van der Waals surface area contributed by atoms with Crippen molar-refractivity contribution in [2.45, 2.75) is 69.4 Å². The number of nitrogens with two attached hydrogens (primary N) is 1. The second kappa shape index (κ2) is 7.89. The Bertz CT molecular complexity index is 778. The van der Waals surface area contributed by atoms with Crippen molar-refractivity contribution in [2.24, 2.45) is 5.73 Å². The van der Waals surface area contributed by atoms with E-state index >= 15 is 0 Å². The zero-order valence-electron chi connectivity index (χ0n) is 16.4. The van der Waals surface area contributed by atoms with Crippen LogP contribution >= 0.6 is 0 Å². The predicted octanol–water partition coefficient (Wildman–Crippen LogP) is 3.92. The smallest absolute Gasteiger partial charge is 0.161 e. The molecule has 2 N–H and O–H groups in total. The van der Waals surface area contributed by atoms with Gasteiger partial charge in [0.25, 0.3) is 0 Å². The fraction of sp³-hybridized carbons (Fsp3) is 0.619. The molecule has 2 fully saturated rings. The van der Waals surface area contributed by atoms with Crippen molar-refractivity contribution in [2.75, 3.05) is 14.2 Å². The Labute approximate surface area is 161 Å². The van der Waals surface area contributed by atoms with Crippen LogP contribution in [0.4, 0.5) is 0 Å². The van der Waals surface area contributed by atoms with E-state index in [1.54, 1.807) is 14.2 Å². The van der Waals surface area contributed by atoms with E-state index < -0.39 is 0 Å². The van der Waals surface area contributed by atoms with E-state index in [9.17, 15) is 0 Å². The lowest BCUT2D eigenvalue weighted by molar-refractivity contribution is 0.318. The largest absolute Gasteiger partial charge is 0.493 e. The van der Waals surface area contributed by atoms with Gasteiger partial charge in [0, 0.05) is 18.4 Å². The summed E-state index contributed by atoms with van der Waals surface area (Å²) in [6, 6.07) is 6.21. The van der Waals surface area contributed by atoms with Crippen molar-refractivity contribution < 1.29 is 9.47 Å². The number of methoxy groups -OCH3 is 2. The highest BCUT2D eigenvalue weighted by Gasteiger charge is 2.31. The summed E-state index contributed by atoms with van der Waals surface area (Å²) in [7, 11) is 3.29. The van der Waals surface area contributed by atoms with Gasteiger partial charge in [-0.25, -0.2) is 9.67 Å². The van der Waals surface area contributed by atoms with Crippen molar-refractivity contribution in [1.29, 1.82) is 0 Å². The Hall–Kier alpha value is -2.08. The minimum Gasteiger partial charge on any atom is -0.493 e. The zero-order valence-corrected chi connectivity index (χ0v) is 16.4. The van der Waals surface area contributed by atoms with Crippen LogP contribution in [0.5, 0.6) is 11.5 Å². The average Bonchev–Trinajstić information content (AvgIpc) is 3.48. The standard InChI is InChI=1S/C21H30N4O2/c1-26-18-11-10-15(12-19(18)27-2)17(22)13-20-23-21(14-8-9-14)24-25(20)16-6-4-3-5-7-16/h10-12,14,16-17H,3-9,13,22H2,1-2H3/t17-/m0/s1. The van der Waals surface area contributed by atoms with Gasteiger partial charge >= 0.3 is 0 Å². The quantitative estimate of drug-likeness (QED) is 0.799. The first-order valence-electron chi connectivity index (χ1n) is 10.1. The van der Waals surface area contributed by atoms with Gasteiger partial charge in [-0.3, -0.25) is 0 Å². The molecule has 0 amide bonds. The molecule has 6 nitrogen and oxygen atoms in total. The molecule has 2 aromatic rings. The van der Waals surface area contributed by atoms with Crippen molar-refractivity contribution in [1.82, 2.24) is 14.8 Å². The molecule has 2 saturated carbocycles. The van der Waals surface area contributed by atoms with Crippen LogP contribution < -0.4 is 15.2 Å². The lowest BCUT2D eigenvalue weighted by atomic mass is 9.95. The number of nitrogens with zero attached hydrogens (tertiary/aromatic N) is 3. The second-order valence-corrected chi connectivity index (χ2v) is 7.82. The topological polar surface area (TPSA) is 75.2 Å². The van der Waals surface area contributed by atoms with Gasteiger partial charge in [0.1, 0.15) is 5.82 Å². The number of benzene rings is 1. The molecule has 146 valence electrons. The van der Waals surface area contributed by atoms with E-state index in [1.165, 1.54) is 44.9 Å². The molecule has 4 rings (SSSR count). The van der Waals surface area contributed by atoms with Gasteiger partial charge in [0.2, 0.25) is 0 Å². The van der Waals surface area contributed by atoms with Crippen molar-refractivity contribution in [3.8, 4) is 11.5 Å². The molecular formula is C21H30N4O2. The Morgan fingerprint density at radius 3 is 2.48 bits per heavy atom. The highest BCUT2D eigenvalue weighted by molar-refractivity contribution is 5.43. The predicted molar refractivity (Wildman–Crippen MR) is 104 cm³/mol. The Morgan fingerprint density at radius 1 is 1.07 bits per heavy atom. The van der Waals surface area contributed by atoms with Crippen LogP contribution in [-0.4, -0.2) is 29.0 Å². The molecular weight excluding hydrogens is 340 g/mol. The van der Waals surface area contributed by atoms with E-state index in [0.29, 0.717) is 24.1 Å². The molecule has 27 heavy (non-hydrogen) atoms. The SMILES string of the molecule is COc1ccc([C@@H](N)Cc2nc(C3CC3)nn2C2CCCCC2)cc1OC. The van der Waals surface area contributed by atoms with Crippen LogP contribution in [0.15, 0.2) is 18.2 Å². The van der Waals surface area contributed by atoms with Crippen LogP contribution in [0, 0.1) is 0 Å². The minimum absolute atomic E-state index is 0.150. The van der Waals surface area contributed by atoms with E-state index in [-0.39, 0.29) is 6.04 Å². The molecule has 1 heterocycles. The molecule has 0 saturated heterocycles. The van der Waals surface area contributed by atoms with Gasteiger partial charge in [-0.15, -0.1) is 0 Å². The fourth-order valence-corrected chi connectivity index (χ4v) is 4.04. The summed E-state index contributed by atoms with van der Waals surface area (Å²) in [5, 5.41) is 4.91. The van der Waals surface area contributed by atoms with E-state index in [4.69, 9.17) is 25.3 Å². The molecule has 1 aromatic carbocycles. The van der Waals surface area contributed by atoms with Gasteiger partial charge in [-0.05, 0) is 43.4 Å². The first-order chi connectivity index (χ1) is 13.2. The van der Waals surface area contributed by atoms with Gasteiger partial charge in [0.15, 0.2) is 17.3 Å². The summed E-state index contributed by atoms with van der Waals surface area (Å²) < 4.78 is 13.0. The minimum atomic E-state index is -0.150. The third kappa shape index (κ3) is 3.95. The molecule has 1 aromatic heterocycles. The van der Waals surface area contributed by atoms with E-state index in [1.807, 2.05) is 18.2 Å². The summed E-state index contributed by atoms with van der Waals surface area (Å²) in [6.45, 7) is 0. The maximum atomic E-state index is 6.56. The maximum absolute atomic E-state index is 6.56.